The van der Waals surface area contributed by atoms with Crippen LogP contribution in [0.1, 0.15) is 18.5 Å². The molecule has 0 aromatic carbocycles. The van der Waals surface area contributed by atoms with E-state index in [2.05, 4.69) is 23.1 Å². The largest absolute Gasteiger partial charge is 0.349 e. The molecule has 0 spiro atoms. The summed E-state index contributed by atoms with van der Waals surface area (Å²) in [6, 6.07) is 5.93. The lowest BCUT2D eigenvalue weighted by atomic mass is 9.83. The predicted molar refractivity (Wildman–Crippen MR) is 87.2 cm³/mol. The molecule has 5 nitrogen and oxygen atoms in total. The van der Waals surface area contributed by atoms with E-state index in [4.69, 9.17) is 0 Å². The van der Waals surface area contributed by atoms with E-state index < -0.39 is 0 Å². The highest BCUT2D eigenvalue weighted by atomic mass is 32.1. The Balaban J connectivity index is 2.09. The zero-order chi connectivity index (χ0) is 15.3. The Hall–Kier alpha value is -1.11. The third kappa shape index (κ3) is 4.98. The van der Waals surface area contributed by atoms with Gasteiger partial charge < -0.3 is 10.2 Å². The fourth-order valence-corrected chi connectivity index (χ4v) is 2.94. The van der Waals surface area contributed by atoms with E-state index in [0.29, 0.717) is 6.54 Å². The Morgan fingerprint density at radius 3 is 2.71 bits per heavy atom. The van der Waals surface area contributed by atoms with Crippen LogP contribution in [-0.4, -0.2) is 59.4 Å². The summed E-state index contributed by atoms with van der Waals surface area (Å²) in [5, 5.41) is 3.25. The standard InChI is InChI=1S/C15H24N4OS/c1-18(2)12-14(20)17-15(6-9-19(21)10-7-15)11-13-5-3-4-8-16-13/h3-5,8,21H,6-7,9-12H2,1-2H3,(H,17,20). The van der Waals surface area contributed by atoms with Crippen LogP contribution >= 0.6 is 12.8 Å². The van der Waals surface area contributed by atoms with Crippen LogP contribution < -0.4 is 5.32 Å². The van der Waals surface area contributed by atoms with Gasteiger partial charge in [-0.3, -0.25) is 14.1 Å². The molecule has 1 fully saturated rings. The van der Waals surface area contributed by atoms with E-state index in [-0.39, 0.29) is 11.4 Å². The topological polar surface area (TPSA) is 48.5 Å². The maximum atomic E-state index is 12.2. The van der Waals surface area contributed by atoms with Crippen LogP contribution in [0.5, 0.6) is 0 Å². The number of thiol groups is 1. The minimum absolute atomic E-state index is 0.0727. The Bertz CT molecular complexity index is 458. The fourth-order valence-electron chi connectivity index (χ4n) is 2.74. The second-order valence-corrected chi connectivity index (χ2v) is 6.58. The lowest BCUT2D eigenvalue weighted by Gasteiger charge is -2.41. The van der Waals surface area contributed by atoms with Gasteiger partial charge in [-0.25, -0.2) is 0 Å². The first-order valence-corrected chi connectivity index (χ1v) is 7.69. The monoisotopic (exact) mass is 308 g/mol. The van der Waals surface area contributed by atoms with E-state index in [1.54, 1.807) is 6.20 Å². The number of piperidine rings is 1. The smallest absolute Gasteiger partial charge is 0.234 e. The van der Waals surface area contributed by atoms with Gasteiger partial charge in [0.05, 0.1) is 6.54 Å². The summed E-state index contributed by atoms with van der Waals surface area (Å²) in [6.07, 6.45) is 4.37. The van der Waals surface area contributed by atoms with Gasteiger partial charge in [0, 0.05) is 36.9 Å². The summed E-state index contributed by atoms with van der Waals surface area (Å²) in [7, 11) is 3.81. The van der Waals surface area contributed by atoms with Crippen molar-refractivity contribution < 1.29 is 4.79 Å². The Labute approximate surface area is 132 Å². The molecule has 0 aliphatic carbocycles. The molecule has 1 saturated heterocycles. The van der Waals surface area contributed by atoms with Crippen molar-refractivity contribution in [3.8, 4) is 0 Å². The fraction of sp³-hybridized carbons (Fsp3) is 0.600. The molecular weight excluding hydrogens is 284 g/mol. The second kappa shape index (κ2) is 7.24. The van der Waals surface area contributed by atoms with E-state index in [1.807, 2.05) is 41.5 Å². The van der Waals surface area contributed by atoms with E-state index in [1.165, 1.54) is 0 Å². The zero-order valence-electron chi connectivity index (χ0n) is 12.7. The molecule has 1 N–H and O–H groups in total. The Kier molecular flexibility index (Phi) is 5.61. The summed E-state index contributed by atoms with van der Waals surface area (Å²) in [5.74, 6) is 0.0727. The van der Waals surface area contributed by atoms with Crippen LogP contribution in [0.3, 0.4) is 0 Å². The highest BCUT2D eigenvalue weighted by Gasteiger charge is 2.35. The third-order valence-electron chi connectivity index (χ3n) is 3.81. The normalized spacial score (nSPS) is 18.7. The number of nitrogens with one attached hydrogen (secondary N) is 1. The maximum Gasteiger partial charge on any atom is 0.234 e. The van der Waals surface area contributed by atoms with Crippen molar-refractivity contribution in [1.82, 2.24) is 19.5 Å². The minimum atomic E-state index is -0.208. The summed E-state index contributed by atoms with van der Waals surface area (Å²) in [4.78, 5) is 18.5. The molecule has 0 radical (unpaired) electrons. The number of pyridine rings is 1. The molecule has 0 bridgehead atoms. The van der Waals surface area contributed by atoms with Crippen molar-refractivity contribution in [2.24, 2.45) is 0 Å². The lowest BCUT2D eigenvalue weighted by molar-refractivity contribution is -0.124. The Morgan fingerprint density at radius 1 is 1.43 bits per heavy atom. The van der Waals surface area contributed by atoms with Crippen LogP contribution in [0.15, 0.2) is 24.4 Å². The molecule has 0 unspecified atom stereocenters. The van der Waals surface area contributed by atoms with Crippen LogP contribution in [-0.2, 0) is 11.2 Å². The molecule has 21 heavy (non-hydrogen) atoms. The van der Waals surface area contributed by atoms with Crippen molar-refractivity contribution in [3.05, 3.63) is 30.1 Å². The van der Waals surface area contributed by atoms with Gasteiger partial charge in [-0.2, -0.15) is 0 Å². The van der Waals surface area contributed by atoms with Gasteiger partial charge >= 0.3 is 0 Å². The van der Waals surface area contributed by atoms with Crippen LogP contribution in [0.25, 0.3) is 0 Å². The first-order chi connectivity index (χ1) is 9.99. The number of aromatic nitrogens is 1. The van der Waals surface area contributed by atoms with Crippen LogP contribution in [0.4, 0.5) is 0 Å². The van der Waals surface area contributed by atoms with E-state index in [0.717, 1.165) is 38.0 Å². The molecule has 116 valence electrons. The SMILES string of the molecule is CN(C)CC(=O)NC1(Cc2ccccn2)CCN(S)CC1. The van der Waals surface area contributed by atoms with Gasteiger partial charge in [-0.1, -0.05) is 18.9 Å². The number of carbonyl (C=O) groups is 1. The van der Waals surface area contributed by atoms with Crippen molar-refractivity contribution in [2.75, 3.05) is 33.7 Å². The lowest BCUT2D eigenvalue weighted by Crippen LogP contribution is -2.56. The van der Waals surface area contributed by atoms with Crippen molar-refractivity contribution in [3.63, 3.8) is 0 Å². The average molecular weight is 308 g/mol. The van der Waals surface area contributed by atoms with Gasteiger partial charge in [-0.05, 0) is 39.1 Å². The number of rotatable bonds is 5. The summed E-state index contributed by atoms with van der Waals surface area (Å²) in [6.45, 7) is 2.16. The van der Waals surface area contributed by atoms with E-state index >= 15 is 0 Å². The predicted octanol–water partition coefficient (Wildman–Crippen LogP) is 0.981. The highest BCUT2D eigenvalue weighted by Crippen LogP contribution is 2.26. The second-order valence-electron chi connectivity index (χ2n) is 6.02. The Morgan fingerprint density at radius 2 is 2.14 bits per heavy atom. The summed E-state index contributed by atoms with van der Waals surface area (Å²) >= 11 is 4.41. The molecule has 0 saturated carbocycles. The van der Waals surface area contributed by atoms with Crippen molar-refractivity contribution >= 4 is 18.7 Å². The molecule has 1 aliphatic heterocycles. The molecule has 2 heterocycles. The molecule has 1 aliphatic rings. The molecule has 2 rings (SSSR count). The first-order valence-electron chi connectivity index (χ1n) is 7.29. The highest BCUT2D eigenvalue weighted by molar-refractivity contribution is 7.77. The number of amides is 1. The minimum Gasteiger partial charge on any atom is -0.349 e. The molecule has 6 heteroatoms. The summed E-state index contributed by atoms with van der Waals surface area (Å²) in [5.41, 5.74) is 0.816. The number of carbonyl (C=O) groups excluding carboxylic acids is 1. The number of hydrogen-bond acceptors (Lipinski definition) is 5. The summed E-state index contributed by atoms with van der Waals surface area (Å²) < 4.78 is 2.01. The first kappa shape index (κ1) is 16.3. The maximum absolute atomic E-state index is 12.2. The average Bonchev–Trinajstić information content (AvgIpc) is 2.42. The van der Waals surface area contributed by atoms with Crippen molar-refractivity contribution in [2.45, 2.75) is 24.8 Å². The quantitative estimate of drug-likeness (QED) is 0.796. The van der Waals surface area contributed by atoms with Gasteiger partial charge in [0.15, 0.2) is 0 Å². The molecule has 1 aromatic heterocycles. The third-order valence-corrected chi connectivity index (χ3v) is 4.21. The number of hydrogen-bond donors (Lipinski definition) is 2. The molecular formula is C15H24N4OS. The van der Waals surface area contributed by atoms with Gasteiger partial charge in [0.2, 0.25) is 5.91 Å². The van der Waals surface area contributed by atoms with Gasteiger partial charge in [0.1, 0.15) is 0 Å². The van der Waals surface area contributed by atoms with E-state index in [9.17, 15) is 4.79 Å². The van der Waals surface area contributed by atoms with Gasteiger partial charge in [-0.15, -0.1) is 0 Å². The zero-order valence-corrected chi connectivity index (χ0v) is 13.6. The molecule has 0 atom stereocenters. The van der Waals surface area contributed by atoms with Crippen LogP contribution in [0, 0.1) is 0 Å². The number of likely N-dealkylation sites (N-methyl/N-ethyl adjacent to an activating group) is 1. The van der Waals surface area contributed by atoms with Gasteiger partial charge in [0.25, 0.3) is 0 Å². The number of nitrogens with zero attached hydrogens (tertiary/aromatic N) is 3. The molecule has 1 amide bonds. The molecule has 1 aromatic rings. The van der Waals surface area contributed by atoms with Crippen LogP contribution in [0.2, 0.25) is 0 Å². The van der Waals surface area contributed by atoms with Crippen molar-refractivity contribution in [1.29, 1.82) is 0 Å².